The fraction of sp³-hybridized carbons (Fsp3) is 0.300. The van der Waals surface area contributed by atoms with Crippen molar-refractivity contribution >= 4 is 17.4 Å². The predicted octanol–water partition coefficient (Wildman–Crippen LogP) is 5.14. The number of carbonyl (C=O) groups is 1. The predicted molar refractivity (Wildman–Crippen MR) is 194 cm³/mol. The normalized spacial score (nSPS) is 14.8. The molecule has 6 N–H and O–H groups in total. The van der Waals surface area contributed by atoms with Crippen molar-refractivity contribution in [3.8, 4) is 17.2 Å². The highest BCUT2D eigenvalue weighted by Gasteiger charge is 2.39. The van der Waals surface area contributed by atoms with E-state index in [1.807, 2.05) is 30.3 Å². The minimum Gasteiger partial charge on any atom is -0.508 e. The number of pyridine rings is 1. The van der Waals surface area contributed by atoms with Gasteiger partial charge < -0.3 is 40.4 Å². The van der Waals surface area contributed by atoms with Gasteiger partial charge in [0.1, 0.15) is 17.2 Å². The Morgan fingerprint density at radius 1 is 0.900 bits per heavy atom. The third-order valence-corrected chi connectivity index (χ3v) is 9.52. The van der Waals surface area contributed by atoms with E-state index in [0.717, 1.165) is 61.2 Å². The molecule has 0 saturated carbocycles. The van der Waals surface area contributed by atoms with Crippen molar-refractivity contribution in [1.82, 2.24) is 15.2 Å². The van der Waals surface area contributed by atoms with Crippen LogP contribution in [0.5, 0.6) is 17.2 Å². The molecule has 1 aliphatic heterocycles. The summed E-state index contributed by atoms with van der Waals surface area (Å²) in [5.41, 5.74) is 5.02. The second-order valence-electron chi connectivity index (χ2n) is 12.7. The zero-order valence-corrected chi connectivity index (χ0v) is 28.2. The first-order valence-electron chi connectivity index (χ1n) is 16.8. The van der Waals surface area contributed by atoms with E-state index >= 15 is 0 Å². The molecule has 10 nitrogen and oxygen atoms in total. The lowest BCUT2D eigenvalue weighted by Crippen LogP contribution is -2.41. The van der Waals surface area contributed by atoms with Crippen LogP contribution < -0.4 is 15.6 Å². The van der Waals surface area contributed by atoms with Crippen LogP contribution in [0.25, 0.3) is 10.9 Å². The van der Waals surface area contributed by atoms with E-state index in [2.05, 4.69) is 64.7 Å². The molecule has 0 bridgehead atoms. The van der Waals surface area contributed by atoms with Crippen LogP contribution in [0.15, 0.2) is 102 Å². The molecule has 0 unspecified atom stereocenters. The van der Waals surface area contributed by atoms with Crippen LogP contribution in [0, 0.1) is 0 Å². The first kappa shape index (κ1) is 36.1. The molecule has 10 heteroatoms. The quantitative estimate of drug-likeness (QED) is 0.0777. The molecule has 6 rings (SSSR count). The van der Waals surface area contributed by atoms with E-state index in [-0.39, 0.29) is 23.2 Å². The second kappa shape index (κ2) is 17.0. The Morgan fingerprint density at radius 2 is 1.58 bits per heavy atom. The SMILES string of the molecule is CN1CCC(c2ccccc2)(c2cc(CCOc3ccc(CCNC[C@H](O)c4ccc(O)c5[nH]c(=O)ccc45)cc3)ccc2O)CC1.O=CO. The number of piperidine rings is 1. The topological polar surface area (TPSA) is 155 Å². The molecule has 0 amide bonds. The number of benzene rings is 4. The van der Waals surface area contributed by atoms with Gasteiger partial charge in [0.15, 0.2) is 0 Å². The number of aromatic nitrogens is 1. The number of aromatic amines is 1. The van der Waals surface area contributed by atoms with Gasteiger partial charge in [-0.1, -0.05) is 60.7 Å². The summed E-state index contributed by atoms with van der Waals surface area (Å²) in [5, 5.41) is 42.7. The highest BCUT2D eigenvalue weighted by atomic mass is 16.5. The summed E-state index contributed by atoms with van der Waals surface area (Å²) < 4.78 is 6.10. The number of H-pyrrole nitrogens is 1. The summed E-state index contributed by atoms with van der Waals surface area (Å²) in [7, 11) is 2.16. The Balaban J connectivity index is 0.00000156. The summed E-state index contributed by atoms with van der Waals surface area (Å²) >= 11 is 0. The number of carboxylic acid groups (broad SMARTS) is 1. The molecule has 1 atom stereocenters. The van der Waals surface area contributed by atoms with E-state index in [9.17, 15) is 20.1 Å². The van der Waals surface area contributed by atoms with Gasteiger partial charge in [-0.15, -0.1) is 0 Å². The fourth-order valence-corrected chi connectivity index (χ4v) is 6.76. The molecule has 5 aromatic rings. The average Bonchev–Trinajstić information content (AvgIpc) is 3.13. The van der Waals surface area contributed by atoms with Crippen molar-refractivity contribution in [3.05, 3.63) is 135 Å². The largest absolute Gasteiger partial charge is 0.508 e. The molecule has 1 saturated heterocycles. The number of aliphatic hydroxyl groups is 1. The number of likely N-dealkylation sites (tertiary alicyclic amines) is 1. The number of aliphatic hydroxyl groups excluding tert-OH is 1. The third-order valence-electron chi connectivity index (χ3n) is 9.52. The number of nitrogens with one attached hydrogen (secondary N) is 2. The highest BCUT2D eigenvalue weighted by molar-refractivity contribution is 5.87. The van der Waals surface area contributed by atoms with Crippen molar-refractivity contribution in [1.29, 1.82) is 0 Å². The van der Waals surface area contributed by atoms with Crippen molar-refractivity contribution in [2.75, 3.05) is 39.8 Å². The van der Waals surface area contributed by atoms with Crippen LogP contribution in [0.2, 0.25) is 0 Å². The first-order valence-corrected chi connectivity index (χ1v) is 16.8. The summed E-state index contributed by atoms with van der Waals surface area (Å²) in [6.07, 6.45) is 2.65. The highest BCUT2D eigenvalue weighted by Crippen LogP contribution is 2.45. The number of phenols is 2. The summed E-state index contributed by atoms with van der Waals surface area (Å²) in [4.78, 5) is 25.0. The van der Waals surface area contributed by atoms with Crippen LogP contribution in [0.4, 0.5) is 0 Å². The molecule has 50 heavy (non-hydrogen) atoms. The van der Waals surface area contributed by atoms with Crippen molar-refractivity contribution in [2.45, 2.75) is 37.2 Å². The maximum Gasteiger partial charge on any atom is 0.290 e. The fourth-order valence-electron chi connectivity index (χ4n) is 6.76. The maximum atomic E-state index is 11.7. The number of hydrogen-bond donors (Lipinski definition) is 6. The van der Waals surface area contributed by atoms with Gasteiger partial charge in [-0.05, 0) is 98.5 Å². The Bertz CT molecular complexity index is 1900. The summed E-state index contributed by atoms with van der Waals surface area (Å²) in [6, 6.07) is 30.9. The molecule has 0 spiro atoms. The minimum absolute atomic E-state index is 0.0247. The number of ether oxygens (including phenoxy) is 1. The minimum atomic E-state index is -0.794. The van der Waals surface area contributed by atoms with Gasteiger partial charge >= 0.3 is 0 Å². The van der Waals surface area contributed by atoms with Gasteiger partial charge in [0.2, 0.25) is 5.56 Å². The van der Waals surface area contributed by atoms with E-state index in [0.29, 0.717) is 41.9 Å². The lowest BCUT2D eigenvalue weighted by Gasteiger charge is -2.42. The second-order valence-corrected chi connectivity index (χ2v) is 12.7. The van der Waals surface area contributed by atoms with Gasteiger partial charge in [-0.2, -0.15) is 0 Å². The van der Waals surface area contributed by atoms with Gasteiger partial charge in [-0.3, -0.25) is 9.59 Å². The Labute approximate surface area is 291 Å². The van der Waals surface area contributed by atoms with E-state index in [4.69, 9.17) is 14.6 Å². The van der Waals surface area contributed by atoms with E-state index < -0.39 is 6.10 Å². The first-order chi connectivity index (χ1) is 24.2. The van der Waals surface area contributed by atoms with Crippen LogP contribution >= 0.6 is 0 Å². The van der Waals surface area contributed by atoms with E-state index in [1.165, 1.54) is 17.7 Å². The molecule has 1 aromatic heterocycles. The molecule has 1 fully saturated rings. The lowest BCUT2D eigenvalue weighted by molar-refractivity contribution is -0.122. The smallest absolute Gasteiger partial charge is 0.290 e. The number of fused-ring (bicyclic) bond motifs is 1. The van der Waals surface area contributed by atoms with Crippen molar-refractivity contribution < 1.29 is 30.0 Å². The van der Waals surface area contributed by atoms with Crippen LogP contribution in [-0.4, -0.2) is 76.6 Å². The Hall–Kier alpha value is -5.16. The monoisotopic (exact) mass is 679 g/mol. The molecule has 262 valence electrons. The summed E-state index contributed by atoms with van der Waals surface area (Å²) in [6.45, 7) is 3.26. The standard InChI is InChI=1S/C39H43N3O5.CH2O2/c1-42-22-19-39(20-23-42,29-5-3-2-4-6-29)33-25-28(9-14-34(33)43)18-24-47-30-10-7-27(8-11-30)17-21-40-26-36(45)31-12-15-35(44)38-32(31)13-16-37(46)41-38;2-1-3/h2-16,25,36,40,43-45H,17-24,26H2,1H3,(H,41,46);1H,(H,2,3)/t36-;/m0./s1. The molecular formula is C40H45N3O7. The molecule has 4 aromatic carbocycles. The van der Waals surface area contributed by atoms with Crippen molar-refractivity contribution in [2.24, 2.45) is 0 Å². The number of hydrogen-bond acceptors (Lipinski definition) is 8. The molecule has 0 radical (unpaired) electrons. The van der Waals surface area contributed by atoms with E-state index in [1.54, 1.807) is 12.1 Å². The molecule has 1 aliphatic rings. The lowest BCUT2D eigenvalue weighted by atomic mass is 9.67. The Kier molecular flexibility index (Phi) is 12.3. The summed E-state index contributed by atoms with van der Waals surface area (Å²) in [5.74, 6) is 1.14. The van der Waals surface area contributed by atoms with Crippen LogP contribution in [0.1, 0.15) is 46.8 Å². The van der Waals surface area contributed by atoms with Crippen LogP contribution in [0.3, 0.4) is 0 Å². The van der Waals surface area contributed by atoms with Gasteiger partial charge in [0.25, 0.3) is 6.47 Å². The molecule has 0 aliphatic carbocycles. The number of nitrogens with zero attached hydrogens (tertiary/aromatic N) is 1. The zero-order valence-electron chi connectivity index (χ0n) is 28.2. The Morgan fingerprint density at radius 3 is 2.30 bits per heavy atom. The number of rotatable bonds is 12. The van der Waals surface area contributed by atoms with Gasteiger partial charge in [-0.25, -0.2) is 0 Å². The zero-order chi connectivity index (χ0) is 35.5. The molecular weight excluding hydrogens is 634 g/mol. The molecule has 2 heterocycles. The van der Waals surface area contributed by atoms with Crippen LogP contribution in [-0.2, 0) is 23.1 Å². The average molecular weight is 680 g/mol. The maximum absolute atomic E-state index is 11.7. The van der Waals surface area contributed by atoms with Gasteiger partial charge in [0, 0.05) is 35.4 Å². The van der Waals surface area contributed by atoms with Gasteiger partial charge in [0.05, 0.1) is 18.2 Å². The number of phenolic OH excluding ortho intramolecular Hbond substituents is 2. The van der Waals surface area contributed by atoms with Crippen molar-refractivity contribution in [3.63, 3.8) is 0 Å². The number of aromatic hydroxyl groups is 2. The third kappa shape index (κ3) is 8.70.